The zero-order valence-corrected chi connectivity index (χ0v) is 7.79. The number of hydrogen-bond donors (Lipinski definition) is 1. The van der Waals surface area contributed by atoms with Crippen LogP contribution in [0.3, 0.4) is 0 Å². The molecule has 0 saturated carbocycles. The summed E-state index contributed by atoms with van der Waals surface area (Å²) >= 11 is 0. The van der Waals surface area contributed by atoms with Crippen LogP contribution >= 0.6 is 0 Å². The Balaban J connectivity index is 2.47. The molecule has 76 valence electrons. The lowest BCUT2D eigenvalue weighted by Crippen LogP contribution is -2.19. The van der Waals surface area contributed by atoms with Crippen LogP contribution in [-0.4, -0.2) is 24.1 Å². The van der Waals surface area contributed by atoms with Gasteiger partial charge in [-0.15, -0.1) is 0 Å². The fraction of sp³-hybridized carbons (Fsp3) is 0.333. The van der Waals surface area contributed by atoms with Crippen LogP contribution in [-0.2, 0) is 9.53 Å². The molecule has 0 atom stereocenters. The van der Waals surface area contributed by atoms with E-state index < -0.39 is 5.95 Å². The van der Waals surface area contributed by atoms with Crippen molar-refractivity contribution in [3.05, 3.63) is 24.1 Å². The zero-order valence-electron chi connectivity index (χ0n) is 7.79. The number of carbonyl (C=O) groups excluding carboxylic acids is 1. The van der Waals surface area contributed by atoms with E-state index in [0.29, 0.717) is 6.61 Å². The van der Waals surface area contributed by atoms with E-state index in [0.717, 1.165) is 0 Å². The van der Waals surface area contributed by atoms with E-state index in [1.165, 1.54) is 18.2 Å². The summed E-state index contributed by atoms with van der Waals surface area (Å²) in [4.78, 5) is 14.6. The molecule has 0 saturated heterocycles. The minimum absolute atomic E-state index is 0.0469. The first-order chi connectivity index (χ1) is 6.72. The molecule has 1 aromatic heterocycles. The molecular formula is C9H11FN2O2. The Kier molecular flexibility index (Phi) is 4.00. The van der Waals surface area contributed by atoms with Gasteiger partial charge in [-0.3, -0.25) is 4.79 Å². The van der Waals surface area contributed by atoms with Crippen molar-refractivity contribution >= 4 is 11.7 Å². The minimum atomic E-state index is -0.626. The lowest BCUT2D eigenvalue weighted by Gasteiger charge is -2.03. The standard InChI is InChI=1S/C9H11FN2O2/c1-2-14-6-9(13)12-8-5-3-4-7(10)11-8/h3-5H,2,6H2,1H3,(H,11,12,13). The smallest absolute Gasteiger partial charge is 0.251 e. The van der Waals surface area contributed by atoms with E-state index in [2.05, 4.69) is 10.3 Å². The summed E-state index contributed by atoms with van der Waals surface area (Å²) in [5, 5.41) is 2.40. The molecule has 0 unspecified atom stereocenters. The first kappa shape index (κ1) is 10.6. The van der Waals surface area contributed by atoms with Gasteiger partial charge in [0.1, 0.15) is 12.4 Å². The number of pyridine rings is 1. The molecule has 0 aromatic carbocycles. The van der Waals surface area contributed by atoms with Crippen molar-refractivity contribution in [2.45, 2.75) is 6.92 Å². The van der Waals surface area contributed by atoms with Gasteiger partial charge < -0.3 is 10.1 Å². The second kappa shape index (κ2) is 5.29. The maximum Gasteiger partial charge on any atom is 0.251 e. The second-order valence-electron chi connectivity index (χ2n) is 2.53. The molecule has 0 fully saturated rings. The average Bonchev–Trinajstić information content (AvgIpc) is 2.15. The van der Waals surface area contributed by atoms with Gasteiger partial charge in [0.2, 0.25) is 5.95 Å². The first-order valence-electron chi connectivity index (χ1n) is 4.22. The van der Waals surface area contributed by atoms with Crippen molar-refractivity contribution in [1.29, 1.82) is 0 Å². The molecule has 4 nitrogen and oxygen atoms in total. The fourth-order valence-electron chi connectivity index (χ4n) is 0.852. The summed E-state index contributed by atoms with van der Waals surface area (Å²) in [5.41, 5.74) is 0. The molecule has 0 spiro atoms. The minimum Gasteiger partial charge on any atom is -0.372 e. The second-order valence-corrected chi connectivity index (χ2v) is 2.53. The van der Waals surface area contributed by atoms with Gasteiger partial charge in [-0.1, -0.05) is 6.07 Å². The maximum atomic E-state index is 12.6. The van der Waals surface area contributed by atoms with Crippen LogP contribution in [0.1, 0.15) is 6.92 Å². The van der Waals surface area contributed by atoms with Crippen LogP contribution in [0.2, 0.25) is 0 Å². The van der Waals surface area contributed by atoms with Crippen LogP contribution < -0.4 is 5.32 Å². The van der Waals surface area contributed by atoms with Gasteiger partial charge in [0.15, 0.2) is 0 Å². The number of anilines is 1. The number of hydrogen-bond acceptors (Lipinski definition) is 3. The van der Waals surface area contributed by atoms with Crippen molar-refractivity contribution in [2.75, 3.05) is 18.5 Å². The number of ether oxygens (including phenoxy) is 1. The van der Waals surface area contributed by atoms with E-state index in [4.69, 9.17) is 4.74 Å². The molecule has 1 heterocycles. The molecule has 1 N–H and O–H groups in total. The van der Waals surface area contributed by atoms with E-state index >= 15 is 0 Å². The molecule has 1 amide bonds. The quantitative estimate of drug-likeness (QED) is 0.739. The van der Waals surface area contributed by atoms with Crippen molar-refractivity contribution in [2.24, 2.45) is 0 Å². The number of halogens is 1. The van der Waals surface area contributed by atoms with E-state index in [9.17, 15) is 9.18 Å². The molecule has 5 heteroatoms. The molecule has 0 aliphatic rings. The fourth-order valence-corrected chi connectivity index (χ4v) is 0.852. The predicted molar refractivity (Wildman–Crippen MR) is 49.3 cm³/mol. The number of rotatable bonds is 4. The van der Waals surface area contributed by atoms with E-state index in [-0.39, 0.29) is 18.3 Å². The van der Waals surface area contributed by atoms with E-state index in [1.807, 2.05) is 0 Å². The first-order valence-corrected chi connectivity index (χ1v) is 4.22. The van der Waals surface area contributed by atoms with Crippen molar-refractivity contribution in [3.63, 3.8) is 0 Å². The number of nitrogens with one attached hydrogen (secondary N) is 1. The van der Waals surface area contributed by atoms with E-state index in [1.54, 1.807) is 6.92 Å². The topological polar surface area (TPSA) is 51.2 Å². The Labute approximate surface area is 81.1 Å². The van der Waals surface area contributed by atoms with Crippen LogP contribution in [0, 0.1) is 5.95 Å². The summed E-state index contributed by atoms with van der Waals surface area (Å²) in [7, 11) is 0. The number of carbonyl (C=O) groups is 1. The Morgan fingerprint density at radius 3 is 3.07 bits per heavy atom. The van der Waals surface area contributed by atoms with Gasteiger partial charge >= 0.3 is 0 Å². The summed E-state index contributed by atoms with van der Waals surface area (Å²) in [6.07, 6.45) is 0. The van der Waals surface area contributed by atoms with Gasteiger partial charge in [-0.05, 0) is 19.1 Å². The molecular weight excluding hydrogens is 187 g/mol. The Hall–Kier alpha value is -1.49. The van der Waals surface area contributed by atoms with Crippen LogP contribution in [0.25, 0.3) is 0 Å². The number of aromatic nitrogens is 1. The van der Waals surface area contributed by atoms with Crippen molar-refractivity contribution < 1.29 is 13.9 Å². The summed E-state index contributed by atoms with van der Waals surface area (Å²) in [6.45, 7) is 2.20. The van der Waals surface area contributed by atoms with Crippen molar-refractivity contribution in [1.82, 2.24) is 4.98 Å². The van der Waals surface area contributed by atoms with Crippen molar-refractivity contribution in [3.8, 4) is 0 Å². The Bertz CT molecular complexity index is 317. The number of amides is 1. The summed E-state index contributed by atoms with van der Waals surface area (Å²) in [6, 6.07) is 4.18. The van der Waals surface area contributed by atoms with Gasteiger partial charge in [0.05, 0.1) is 0 Å². The highest BCUT2D eigenvalue weighted by atomic mass is 19.1. The molecule has 0 aliphatic carbocycles. The largest absolute Gasteiger partial charge is 0.372 e. The molecule has 0 aliphatic heterocycles. The SMILES string of the molecule is CCOCC(=O)Nc1cccc(F)n1. The zero-order chi connectivity index (χ0) is 10.4. The Morgan fingerprint density at radius 1 is 1.64 bits per heavy atom. The lowest BCUT2D eigenvalue weighted by molar-refractivity contribution is -0.120. The van der Waals surface area contributed by atoms with Gasteiger partial charge in [-0.25, -0.2) is 4.98 Å². The normalized spacial score (nSPS) is 9.86. The highest BCUT2D eigenvalue weighted by molar-refractivity contribution is 5.90. The number of nitrogens with zero attached hydrogens (tertiary/aromatic N) is 1. The van der Waals surface area contributed by atoms with Gasteiger partial charge in [0.25, 0.3) is 5.91 Å². The highest BCUT2D eigenvalue weighted by Gasteiger charge is 2.02. The lowest BCUT2D eigenvalue weighted by atomic mass is 10.4. The average molecular weight is 198 g/mol. The molecule has 0 radical (unpaired) electrons. The summed E-state index contributed by atoms with van der Waals surface area (Å²) < 4.78 is 17.4. The third-order valence-electron chi connectivity index (χ3n) is 1.42. The molecule has 1 aromatic rings. The summed E-state index contributed by atoms with van der Waals surface area (Å²) in [5.74, 6) is -0.779. The van der Waals surface area contributed by atoms with Gasteiger partial charge in [0, 0.05) is 6.61 Å². The molecule has 14 heavy (non-hydrogen) atoms. The van der Waals surface area contributed by atoms with Crippen LogP contribution in [0.15, 0.2) is 18.2 Å². The third-order valence-corrected chi connectivity index (χ3v) is 1.42. The van der Waals surface area contributed by atoms with Crippen LogP contribution in [0.4, 0.5) is 10.2 Å². The highest BCUT2D eigenvalue weighted by Crippen LogP contribution is 2.02. The monoisotopic (exact) mass is 198 g/mol. The molecule has 0 bridgehead atoms. The Morgan fingerprint density at radius 2 is 2.43 bits per heavy atom. The maximum absolute atomic E-state index is 12.6. The molecule has 1 rings (SSSR count). The van der Waals surface area contributed by atoms with Crippen LogP contribution in [0.5, 0.6) is 0 Å². The predicted octanol–water partition coefficient (Wildman–Crippen LogP) is 1.20. The van der Waals surface area contributed by atoms with Gasteiger partial charge in [-0.2, -0.15) is 4.39 Å². The third kappa shape index (κ3) is 3.49.